The molecule has 0 amide bonds. The van der Waals surface area contributed by atoms with E-state index in [1.54, 1.807) is 0 Å². The van der Waals surface area contributed by atoms with Crippen molar-refractivity contribution >= 4 is 23.3 Å². The van der Waals surface area contributed by atoms with E-state index in [1.807, 2.05) is 84.9 Å². The number of esters is 1. The van der Waals surface area contributed by atoms with E-state index in [2.05, 4.69) is 0 Å². The van der Waals surface area contributed by atoms with Crippen LogP contribution in [0, 0.1) is 0 Å². The fourth-order valence-corrected chi connectivity index (χ4v) is 2.80. The summed E-state index contributed by atoms with van der Waals surface area (Å²) >= 11 is 5.95. The number of benzene rings is 2. The zero-order valence-electron chi connectivity index (χ0n) is 13.4. The predicted octanol–water partition coefficient (Wildman–Crippen LogP) is 4.90. The van der Waals surface area contributed by atoms with E-state index in [9.17, 15) is 4.79 Å². The van der Waals surface area contributed by atoms with Gasteiger partial charge in [0, 0.05) is 29.0 Å². The van der Waals surface area contributed by atoms with Crippen molar-refractivity contribution in [3.8, 4) is 0 Å². The fraction of sp³-hybridized carbons (Fsp3) is 0.150. The third kappa shape index (κ3) is 3.52. The molecule has 0 fully saturated rings. The smallest absolute Gasteiger partial charge is 0.336 e. The molecule has 3 rings (SSSR count). The van der Waals surface area contributed by atoms with Crippen molar-refractivity contribution in [3.63, 3.8) is 0 Å². The van der Waals surface area contributed by atoms with Crippen molar-refractivity contribution in [2.75, 3.05) is 11.5 Å². The van der Waals surface area contributed by atoms with Crippen LogP contribution in [0.25, 0.3) is 0 Å². The zero-order valence-corrected chi connectivity index (χ0v) is 14.1. The Hall–Kier alpha value is -2.52. The van der Waals surface area contributed by atoms with Gasteiger partial charge in [0.05, 0.1) is 12.2 Å². The van der Waals surface area contributed by atoms with Crippen LogP contribution in [0.15, 0.2) is 78.6 Å². The Kier molecular flexibility index (Phi) is 5.02. The average Bonchev–Trinajstić information content (AvgIpc) is 2.63. The highest BCUT2D eigenvalue weighted by Crippen LogP contribution is 2.32. The number of ether oxygens (including phenoxy) is 1. The van der Waals surface area contributed by atoms with Gasteiger partial charge in [-0.15, -0.1) is 0 Å². The summed E-state index contributed by atoms with van der Waals surface area (Å²) < 4.78 is 5.25. The molecule has 122 valence electrons. The minimum atomic E-state index is -0.297. The Morgan fingerprint density at radius 1 is 1.12 bits per heavy atom. The highest BCUT2D eigenvalue weighted by molar-refractivity contribution is 6.30. The normalized spacial score (nSPS) is 16.7. The van der Waals surface area contributed by atoms with Crippen molar-refractivity contribution in [1.29, 1.82) is 0 Å². The van der Waals surface area contributed by atoms with Crippen LogP contribution in [0.5, 0.6) is 0 Å². The van der Waals surface area contributed by atoms with Crippen LogP contribution in [0.2, 0.25) is 5.02 Å². The van der Waals surface area contributed by atoms with Crippen LogP contribution in [0.1, 0.15) is 18.4 Å². The van der Waals surface area contributed by atoms with Crippen LogP contribution in [-0.4, -0.2) is 12.6 Å². The first kappa shape index (κ1) is 16.3. The number of carbonyl (C=O) groups is 1. The van der Waals surface area contributed by atoms with Gasteiger partial charge < -0.3 is 9.64 Å². The number of halogens is 1. The average molecular weight is 340 g/mol. The van der Waals surface area contributed by atoms with E-state index in [4.69, 9.17) is 16.3 Å². The summed E-state index contributed by atoms with van der Waals surface area (Å²) in [7, 11) is 0. The first-order valence-electron chi connectivity index (χ1n) is 7.85. The highest BCUT2D eigenvalue weighted by Gasteiger charge is 2.25. The number of hydrogen-bond donors (Lipinski definition) is 0. The molecule has 0 radical (unpaired) electrons. The Bertz CT molecular complexity index is 766. The summed E-state index contributed by atoms with van der Waals surface area (Å²) in [5.41, 5.74) is 2.60. The summed E-state index contributed by atoms with van der Waals surface area (Å²) in [5.74, 6) is -0.413. The van der Waals surface area contributed by atoms with Crippen LogP contribution >= 0.6 is 11.6 Å². The lowest BCUT2D eigenvalue weighted by Crippen LogP contribution is -2.22. The summed E-state index contributed by atoms with van der Waals surface area (Å²) in [4.78, 5) is 14.3. The lowest BCUT2D eigenvalue weighted by atomic mass is 9.90. The second kappa shape index (κ2) is 7.37. The second-order valence-electron chi connectivity index (χ2n) is 5.42. The third-order valence-corrected chi connectivity index (χ3v) is 4.10. The molecule has 1 unspecified atom stereocenters. The molecule has 0 bridgehead atoms. The van der Waals surface area contributed by atoms with Gasteiger partial charge in [0.25, 0.3) is 0 Å². The van der Waals surface area contributed by atoms with Gasteiger partial charge in [0.15, 0.2) is 0 Å². The summed E-state index contributed by atoms with van der Waals surface area (Å²) in [5, 5.41) is 0.677. The molecule has 0 saturated carbocycles. The van der Waals surface area contributed by atoms with E-state index in [1.165, 1.54) is 0 Å². The number of carbonyl (C=O) groups excluding carboxylic acids is 1. The van der Waals surface area contributed by atoms with Gasteiger partial charge in [-0.3, -0.25) is 0 Å². The number of rotatable bonds is 4. The van der Waals surface area contributed by atoms with Gasteiger partial charge in [-0.25, -0.2) is 4.79 Å². The molecular formula is C20H18ClNO2. The number of nitrogens with zero attached hydrogens (tertiary/aromatic N) is 1. The number of allylic oxidation sites excluding steroid dienone is 1. The quantitative estimate of drug-likeness (QED) is 0.742. The maximum atomic E-state index is 12.4. The molecule has 0 saturated heterocycles. The first-order valence-corrected chi connectivity index (χ1v) is 8.23. The van der Waals surface area contributed by atoms with Crippen molar-refractivity contribution in [3.05, 3.63) is 89.2 Å². The topological polar surface area (TPSA) is 29.5 Å². The molecular weight excluding hydrogens is 322 g/mol. The van der Waals surface area contributed by atoms with Crippen molar-refractivity contribution in [1.82, 2.24) is 0 Å². The molecule has 1 atom stereocenters. The molecule has 1 aliphatic heterocycles. The van der Waals surface area contributed by atoms with Crippen molar-refractivity contribution in [2.24, 2.45) is 0 Å². The number of anilines is 1. The molecule has 0 N–H and O–H groups in total. The Balaban J connectivity index is 1.96. The van der Waals surface area contributed by atoms with E-state index in [-0.39, 0.29) is 11.9 Å². The molecule has 2 aromatic carbocycles. The highest BCUT2D eigenvalue weighted by atomic mass is 35.5. The van der Waals surface area contributed by atoms with E-state index < -0.39 is 0 Å². The largest absolute Gasteiger partial charge is 0.463 e. The first-order chi connectivity index (χ1) is 11.7. The third-order valence-electron chi connectivity index (χ3n) is 3.85. The van der Waals surface area contributed by atoms with Crippen molar-refractivity contribution in [2.45, 2.75) is 12.8 Å². The standard InChI is InChI=1S/C20H18ClNO2/c1-2-24-20(23)19-14-22(17-10-8-16(21)9-11-17)13-12-18(19)15-6-4-3-5-7-15/h3-14,18H,2H2,1H3. The lowest BCUT2D eigenvalue weighted by Gasteiger charge is -2.26. The molecule has 24 heavy (non-hydrogen) atoms. The SMILES string of the molecule is CCOC(=O)C1=CN(c2ccc(Cl)cc2)C=CC1c1ccccc1. The second-order valence-corrected chi connectivity index (χ2v) is 5.85. The minimum Gasteiger partial charge on any atom is -0.463 e. The summed E-state index contributed by atoms with van der Waals surface area (Å²) in [6.07, 6.45) is 5.80. The minimum absolute atomic E-state index is 0.117. The molecule has 1 heterocycles. The molecule has 4 heteroatoms. The van der Waals surface area contributed by atoms with Crippen LogP contribution < -0.4 is 4.90 Å². The van der Waals surface area contributed by atoms with E-state index in [0.29, 0.717) is 17.2 Å². The van der Waals surface area contributed by atoms with Gasteiger partial charge >= 0.3 is 5.97 Å². The van der Waals surface area contributed by atoms with Crippen LogP contribution in [0.4, 0.5) is 5.69 Å². The summed E-state index contributed by atoms with van der Waals surface area (Å²) in [6, 6.07) is 17.4. The molecule has 1 aliphatic rings. The Labute approximate surface area is 146 Å². The van der Waals surface area contributed by atoms with E-state index in [0.717, 1.165) is 11.3 Å². The van der Waals surface area contributed by atoms with Gasteiger partial charge in [-0.1, -0.05) is 48.0 Å². The van der Waals surface area contributed by atoms with Crippen molar-refractivity contribution < 1.29 is 9.53 Å². The van der Waals surface area contributed by atoms with Gasteiger partial charge in [-0.05, 0) is 36.8 Å². The molecule has 0 aliphatic carbocycles. The maximum Gasteiger partial charge on any atom is 0.336 e. The number of hydrogen-bond acceptors (Lipinski definition) is 3. The predicted molar refractivity (Wildman–Crippen MR) is 97.0 cm³/mol. The summed E-state index contributed by atoms with van der Waals surface area (Å²) in [6.45, 7) is 2.16. The fourth-order valence-electron chi connectivity index (χ4n) is 2.67. The monoisotopic (exact) mass is 339 g/mol. The van der Waals surface area contributed by atoms with Crippen LogP contribution in [0.3, 0.4) is 0 Å². The van der Waals surface area contributed by atoms with Gasteiger partial charge in [0.1, 0.15) is 0 Å². The maximum absolute atomic E-state index is 12.4. The molecule has 0 aromatic heterocycles. The Morgan fingerprint density at radius 3 is 2.50 bits per heavy atom. The van der Waals surface area contributed by atoms with Gasteiger partial charge in [-0.2, -0.15) is 0 Å². The molecule has 3 nitrogen and oxygen atoms in total. The molecule has 0 spiro atoms. The van der Waals surface area contributed by atoms with Crippen LogP contribution in [-0.2, 0) is 9.53 Å². The zero-order chi connectivity index (χ0) is 16.9. The Morgan fingerprint density at radius 2 is 1.83 bits per heavy atom. The van der Waals surface area contributed by atoms with E-state index >= 15 is 0 Å². The molecule has 2 aromatic rings. The van der Waals surface area contributed by atoms with Gasteiger partial charge in [0.2, 0.25) is 0 Å². The lowest BCUT2D eigenvalue weighted by molar-refractivity contribution is -0.138.